The highest BCUT2D eigenvalue weighted by Crippen LogP contribution is 2.34. The second-order valence-electron chi connectivity index (χ2n) is 5.37. The maximum Gasteiger partial charge on any atom is 0.0945 e. The molecule has 0 amide bonds. The fourth-order valence-corrected chi connectivity index (χ4v) is 2.82. The first-order valence-corrected chi connectivity index (χ1v) is 7.96. The SMILES string of the molecule is CC[C@@H](CC(C)(C)S(N)=O)c1ccc(Cl)cc1CO. The molecule has 1 aromatic carbocycles. The number of hydrogen-bond acceptors (Lipinski definition) is 2. The van der Waals surface area contributed by atoms with Gasteiger partial charge in [-0.3, -0.25) is 5.14 Å². The minimum absolute atomic E-state index is 0.0431. The number of halogens is 1. The third kappa shape index (κ3) is 4.28. The van der Waals surface area contributed by atoms with E-state index in [-0.39, 0.29) is 12.5 Å². The van der Waals surface area contributed by atoms with Crippen LogP contribution in [0.15, 0.2) is 18.2 Å². The first kappa shape index (κ1) is 16.6. The summed E-state index contributed by atoms with van der Waals surface area (Å²) in [5, 5.41) is 15.6. The van der Waals surface area contributed by atoms with Gasteiger partial charge >= 0.3 is 0 Å². The molecule has 0 bridgehead atoms. The van der Waals surface area contributed by atoms with Crippen LogP contribution in [0.25, 0.3) is 0 Å². The van der Waals surface area contributed by atoms with E-state index in [4.69, 9.17) is 16.7 Å². The molecule has 1 aromatic rings. The zero-order valence-electron chi connectivity index (χ0n) is 11.6. The molecule has 0 saturated heterocycles. The second kappa shape index (κ2) is 6.84. The van der Waals surface area contributed by atoms with Gasteiger partial charge in [0.25, 0.3) is 0 Å². The molecule has 108 valence electrons. The van der Waals surface area contributed by atoms with Gasteiger partial charge in [-0.15, -0.1) is 0 Å². The highest BCUT2D eigenvalue weighted by molar-refractivity contribution is 7.84. The van der Waals surface area contributed by atoms with Gasteiger partial charge < -0.3 is 5.11 Å². The van der Waals surface area contributed by atoms with E-state index in [1.165, 1.54) is 0 Å². The number of benzene rings is 1. The van der Waals surface area contributed by atoms with E-state index in [2.05, 4.69) is 6.92 Å². The minimum atomic E-state index is -1.37. The van der Waals surface area contributed by atoms with Crippen molar-refractivity contribution >= 4 is 22.6 Å². The first-order valence-electron chi connectivity index (χ1n) is 6.37. The Kier molecular flexibility index (Phi) is 5.99. The molecule has 0 fully saturated rings. The predicted molar refractivity (Wildman–Crippen MR) is 81.4 cm³/mol. The second-order valence-corrected chi connectivity index (χ2v) is 7.50. The molecule has 0 saturated carbocycles. The molecule has 2 atom stereocenters. The maximum absolute atomic E-state index is 11.6. The van der Waals surface area contributed by atoms with Crippen molar-refractivity contribution in [3.63, 3.8) is 0 Å². The minimum Gasteiger partial charge on any atom is -0.392 e. The Morgan fingerprint density at radius 2 is 2.11 bits per heavy atom. The van der Waals surface area contributed by atoms with Crippen LogP contribution in [0, 0.1) is 0 Å². The van der Waals surface area contributed by atoms with E-state index in [0.29, 0.717) is 11.4 Å². The van der Waals surface area contributed by atoms with E-state index < -0.39 is 15.7 Å². The molecule has 3 nitrogen and oxygen atoms in total. The largest absolute Gasteiger partial charge is 0.392 e. The molecule has 1 unspecified atom stereocenters. The molecule has 0 radical (unpaired) electrons. The highest BCUT2D eigenvalue weighted by Gasteiger charge is 2.28. The van der Waals surface area contributed by atoms with Crippen LogP contribution in [0.5, 0.6) is 0 Å². The average molecular weight is 304 g/mol. The Bertz CT molecular complexity index is 463. The zero-order chi connectivity index (χ0) is 14.6. The normalized spacial score (nSPS) is 15.3. The lowest BCUT2D eigenvalue weighted by Gasteiger charge is -2.28. The van der Waals surface area contributed by atoms with Crippen LogP contribution >= 0.6 is 11.6 Å². The van der Waals surface area contributed by atoms with Gasteiger partial charge in [0.2, 0.25) is 0 Å². The van der Waals surface area contributed by atoms with Crippen molar-refractivity contribution in [2.45, 2.75) is 50.9 Å². The molecule has 0 spiro atoms. The van der Waals surface area contributed by atoms with Crippen molar-refractivity contribution in [3.05, 3.63) is 34.3 Å². The summed E-state index contributed by atoms with van der Waals surface area (Å²) in [4.78, 5) is 0. The summed E-state index contributed by atoms with van der Waals surface area (Å²) in [7, 11) is -1.37. The van der Waals surface area contributed by atoms with Crippen LogP contribution in [0.3, 0.4) is 0 Å². The quantitative estimate of drug-likeness (QED) is 0.848. The monoisotopic (exact) mass is 303 g/mol. The Morgan fingerprint density at radius 3 is 2.58 bits per heavy atom. The third-order valence-corrected chi connectivity index (χ3v) is 4.98. The van der Waals surface area contributed by atoms with E-state index in [0.717, 1.165) is 17.5 Å². The van der Waals surface area contributed by atoms with Crippen molar-refractivity contribution in [2.75, 3.05) is 0 Å². The fraction of sp³-hybridized carbons (Fsp3) is 0.571. The lowest BCUT2D eigenvalue weighted by molar-refractivity contribution is 0.279. The van der Waals surface area contributed by atoms with Crippen molar-refractivity contribution in [1.29, 1.82) is 0 Å². The lowest BCUT2D eigenvalue weighted by atomic mass is 9.85. The summed E-state index contributed by atoms with van der Waals surface area (Å²) >= 11 is 5.95. The van der Waals surface area contributed by atoms with E-state index >= 15 is 0 Å². The number of aliphatic hydroxyl groups excluding tert-OH is 1. The topological polar surface area (TPSA) is 63.3 Å². The fourth-order valence-electron chi connectivity index (χ4n) is 2.26. The standard InChI is InChI=1S/C14H22ClNO2S/c1-4-10(8-14(2,3)19(16)18)13-6-5-12(15)7-11(13)9-17/h5-7,10,17H,4,8-9,16H2,1-3H3/t10-,19?/m0/s1. The summed E-state index contributed by atoms with van der Waals surface area (Å²) in [5.74, 6) is 0.210. The zero-order valence-corrected chi connectivity index (χ0v) is 13.2. The molecule has 0 aliphatic rings. The average Bonchev–Trinajstić information content (AvgIpc) is 2.35. The lowest BCUT2D eigenvalue weighted by Crippen LogP contribution is -2.33. The van der Waals surface area contributed by atoms with Crippen LogP contribution in [0.1, 0.15) is 50.7 Å². The van der Waals surface area contributed by atoms with E-state index in [9.17, 15) is 9.32 Å². The van der Waals surface area contributed by atoms with Crippen LogP contribution in [-0.2, 0) is 17.6 Å². The van der Waals surface area contributed by atoms with Crippen molar-refractivity contribution in [2.24, 2.45) is 5.14 Å². The maximum atomic E-state index is 11.6. The van der Waals surface area contributed by atoms with Crippen LogP contribution in [0.2, 0.25) is 5.02 Å². The van der Waals surface area contributed by atoms with Gasteiger partial charge in [0.1, 0.15) is 0 Å². The number of nitrogens with two attached hydrogens (primary N) is 1. The summed E-state index contributed by atoms with van der Waals surface area (Å²) in [6.45, 7) is 5.84. The first-order chi connectivity index (χ1) is 8.81. The van der Waals surface area contributed by atoms with Gasteiger partial charge in [0.15, 0.2) is 0 Å². The molecule has 1 rings (SSSR count). The molecule has 0 aliphatic heterocycles. The van der Waals surface area contributed by atoms with Gasteiger partial charge in [-0.2, -0.15) is 0 Å². The van der Waals surface area contributed by atoms with Gasteiger partial charge in [-0.05, 0) is 55.9 Å². The molecule has 19 heavy (non-hydrogen) atoms. The van der Waals surface area contributed by atoms with Crippen molar-refractivity contribution < 1.29 is 9.32 Å². The molecule has 5 heteroatoms. The number of aliphatic hydroxyl groups is 1. The van der Waals surface area contributed by atoms with Gasteiger partial charge in [-0.1, -0.05) is 24.6 Å². The summed E-state index contributed by atoms with van der Waals surface area (Å²) in [6, 6.07) is 5.55. The van der Waals surface area contributed by atoms with Gasteiger partial charge in [0, 0.05) is 5.02 Å². The highest BCUT2D eigenvalue weighted by atomic mass is 35.5. The van der Waals surface area contributed by atoms with Crippen molar-refractivity contribution in [1.82, 2.24) is 0 Å². The smallest absolute Gasteiger partial charge is 0.0945 e. The van der Waals surface area contributed by atoms with E-state index in [1.54, 1.807) is 6.07 Å². The summed E-state index contributed by atoms with van der Waals surface area (Å²) in [5.41, 5.74) is 1.89. The van der Waals surface area contributed by atoms with Gasteiger partial charge in [0.05, 0.1) is 22.3 Å². The van der Waals surface area contributed by atoms with Crippen LogP contribution in [-0.4, -0.2) is 14.1 Å². The molecular weight excluding hydrogens is 282 g/mol. The van der Waals surface area contributed by atoms with Crippen LogP contribution < -0.4 is 5.14 Å². The van der Waals surface area contributed by atoms with E-state index in [1.807, 2.05) is 26.0 Å². The third-order valence-electron chi connectivity index (χ3n) is 3.49. The predicted octanol–water partition coefficient (Wildman–Crippen LogP) is 3.12. The molecule has 0 heterocycles. The van der Waals surface area contributed by atoms with Crippen LogP contribution in [0.4, 0.5) is 0 Å². The number of rotatable bonds is 6. The Balaban J connectivity index is 3.07. The number of hydrogen-bond donors (Lipinski definition) is 2. The molecular formula is C14H22ClNO2S. The molecule has 3 N–H and O–H groups in total. The molecule has 0 aromatic heterocycles. The van der Waals surface area contributed by atoms with Gasteiger partial charge in [-0.25, -0.2) is 4.21 Å². The Hall–Kier alpha value is -0.420. The molecule has 0 aliphatic carbocycles. The summed E-state index contributed by atoms with van der Waals surface area (Å²) < 4.78 is 11.1. The Morgan fingerprint density at radius 1 is 1.47 bits per heavy atom. The Labute approximate surface area is 122 Å². The summed E-state index contributed by atoms with van der Waals surface area (Å²) in [6.07, 6.45) is 1.61. The van der Waals surface area contributed by atoms with Crippen molar-refractivity contribution in [3.8, 4) is 0 Å².